The number of nitrogens with one attached hydrogen (secondary N) is 2. The highest BCUT2D eigenvalue weighted by Crippen LogP contribution is 2.20. The molecule has 1 aromatic carbocycles. The summed E-state index contributed by atoms with van der Waals surface area (Å²) in [5, 5.41) is 5.23. The van der Waals surface area contributed by atoms with Gasteiger partial charge < -0.3 is 24.8 Å². The zero-order valence-electron chi connectivity index (χ0n) is 18.9. The maximum Gasteiger partial charge on any atom is 0.328 e. The summed E-state index contributed by atoms with van der Waals surface area (Å²) in [6, 6.07) is 7.76. The number of ether oxygens (including phenoxy) is 3. The largest absolute Gasteiger partial charge is 0.468 e. The molecule has 32 heavy (non-hydrogen) atoms. The van der Waals surface area contributed by atoms with Gasteiger partial charge in [-0.15, -0.1) is 0 Å². The molecule has 176 valence electrons. The molecule has 0 saturated heterocycles. The molecule has 0 spiro atoms. The molecule has 0 aliphatic rings. The second-order valence-corrected chi connectivity index (χ2v) is 7.15. The van der Waals surface area contributed by atoms with Crippen LogP contribution in [0.4, 0.5) is 0 Å². The molecule has 0 aromatic heterocycles. The van der Waals surface area contributed by atoms with Crippen LogP contribution in [0.2, 0.25) is 0 Å². The van der Waals surface area contributed by atoms with E-state index in [4.69, 9.17) is 4.74 Å². The molecule has 10 nitrogen and oxygen atoms in total. The SMILES string of the molecule is COC(=O)C(C(=O)OC)[C@H](C)[C@@H](NC(=O)CCC(=O)N[C@H](C)c1ccccc1)C(=O)OC. The number of methoxy groups -OCH3 is 3. The first-order valence-electron chi connectivity index (χ1n) is 10.0. The Morgan fingerprint density at radius 2 is 1.22 bits per heavy atom. The molecule has 3 atom stereocenters. The van der Waals surface area contributed by atoms with Gasteiger partial charge in [0.15, 0.2) is 5.92 Å². The van der Waals surface area contributed by atoms with E-state index in [1.807, 2.05) is 37.3 Å². The molecular weight excluding hydrogens is 420 g/mol. The molecule has 0 bridgehead atoms. The van der Waals surface area contributed by atoms with Crippen LogP contribution in [0.3, 0.4) is 0 Å². The Morgan fingerprint density at radius 1 is 0.750 bits per heavy atom. The Hall–Kier alpha value is -3.43. The van der Waals surface area contributed by atoms with Gasteiger partial charge in [0.25, 0.3) is 0 Å². The molecule has 0 aliphatic heterocycles. The van der Waals surface area contributed by atoms with Crippen molar-refractivity contribution in [2.24, 2.45) is 11.8 Å². The van der Waals surface area contributed by atoms with Crippen LogP contribution < -0.4 is 10.6 Å². The van der Waals surface area contributed by atoms with E-state index in [1.54, 1.807) is 0 Å². The first-order chi connectivity index (χ1) is 15.2. The minimum absolute atomic E-state index is 0.122. The van der Waals surface area contributed by atoms with E-state index in [-0.39, 0.29) is 24.8 Å². The average Bonchev–Trinajstić information content (AvgIpc) is 2.80. The molecular formula is C22H30N2O8. The molecule has 0 heterocycles. The fourth-order valence-electron chi connectivity index (χ4n) is 3.12. The maximum absolute atomic E-state index is 12.4. The van der Waals surface area contributed by atoms with Gasteiger partial charge in [0.05, 0.1) is 27.4 Å². The van der Waals surface area contributed by atoms with Gasteiger partial charge in [-0.1, -0.05) is 37.3 Å². The molecule has 2 N–H and O–H groups in total. The second kappa shape index (κ2) is 13.1. The summed E-state index contributed by atoms with van der Waals surface area (Å²) in [5.41, 5.74) is 0.918. The van der Waals surface area contributed by atoms with Crippen LogP contribution in [0.5, 0.6) is 0 Å². The van der Waals surface area contributed by atoms with Crippen molar-refractivity contribution in [3.63, 3.8) is 0 Å². The fraction of sp³-hybridized carbons (Fsp3) is 0.500. The third kappa shape index (κ3) is 7.68. The normalized spacial score (nSPS) is 13.3. The van der Waals surface area contributed by atoms with Crippen LogP contribution >= 0.6 is 0 Å². The number of esters is 3. The molecule has 1 aromatic rings. The van der Waals surface area contributed by atoms with Crippen LogP contribution in [0.15, 0.2) is 30.3 Å². The topological polar surface area (TPSA) is 137 Å². The van der Waals surface area contributed by atoms with Crippen molar-refractivity contribution >= 4 is 29.7 Å². The lowest BCUT2D eigenvalue weighted by Crippen LogP contribution is -2.51. The van der Waals surface area contributed by atoms with Gasteiger partial charge in [0.1, 0.15) is 6.04 Å². The van der Waals surface area contributed by atoms with Crippen molar-refractivity contribution < 1.29 is 38.2 Å². The Bertz CT molecular complexity index is 795. The van der Waals surface area contributed by atoms with E-state index in [0.29, 0.717) is 0 Å². The molecule has 0 aliphatic carbocycles. The summed E-state index contributed by atoms with van der Waals surface area (Å²) in [5.74, 6) is -6.14. The van der Waals surface area contributed by atoms with Crippen molar-refractivity contribution in [1.29, 1.82) is 0 Å². The average molecular weight is 450 g/mol. The third-order valence-electron chi connectivity index (χ3n) is 4.99. The summed E-state index contributed by atoms with van der Waals surface area (Å²) in [6.07, 6.45) is -0.336. The molecule has 10 heteroatoms. The van der Waals surface area contributed by atoms with E-state index in [0.717, 1.165) is 26.9 Å². The number of benzene rings is 1. The summed E-state index contributed by atoms with van der Waals surface area (Å²) >= 11 is 0. The van der Waals surface area contributed by atoms with Crippen LogP contribution in [0.1, 0.15) is 38.3 Å². The van der Waals surface area contributed by atoms with Crippen LogP contribution in [-0.2, 0) is 38.2 Å². The zero-order chi connectivity index (χ0) is 24.3. The number of amides is 2. The molecule has 1 rings (SSSR count). The summed E-state index contributed by atoms with van der Waals surface area (Å²) in [4.78, 5) is 60.9. The first-order valence-corrected chi connectivity index (χ1v) is 10.0. The van der Waals surface area contributed by atoms with E-state index in [9.17, 15) is 24.0 Å². The van der Waals surface area contributed by atoms with Gasteiger partial charge in [-0.25, -0.2) is 4.79 Å². The van der Waals surface area contributed by atoms with Gasteiger partial charge >= 0.3 is 17.9 Å². The number of hydrogen-bond donors (Lipinski definition) is 2. The predicted molar refractivity (Wildman–Crippen MR) is 113 cm³/mol. The summed E-state index contributed by atoms with van der Waals surface area (Å²) < 4.78 is 13.9. The van der Waals surface area contributed by atoms with Crippen LogP contribution in [-0.4, -0.2) is 57.1 Å². The van der Waals surface area contributed by atoms with E-state index in [2.05, 4.69) is 20.1 Å². The fourth-order valence-corrected chi connectivity index (χ4v) is 3.12. The Labute approximate surface area is 187 Å². The second-order valence-electron chi connectivity index (χ2n) is 7.15. The number of rotatable bonds is 11. The Morgan fingerprint density at radius 3 is 1.69 bits per heavy atom. The zero-order valence-corrected chi connectivity index (χ0v) is 18.9. The lowest BCUT2D eigenvalue weighted by Gasteiger charge is -2.27. The Kier molecular flexibility index (Phi) is 10.9. The molecule has 0 unspecified atom stereocenters. The Balaban J connectivity index is 2.77. The highest BCUT2D eigenvalue weighted by molar-refractivity contribution is 5.96. The maximum atomic E-state index is 12.4. The van der Waals surface area contributed by atoms with Gasteiger partial charge in [0.2, 0.25) is 11.8 Å². The number of carbonyl (C=O) groups excluding carboxylic acids is 5. The summed E-state index contributed by atoms with van der Waals surface area (Å²) in [6.45, 7) is 3.23. The minimum atomic E-state index is -1.45. The smallest absolute Gasteiger partial charge is 0.328 e. The number of hydrogen-bond acceptors (Lipinski definition) is 8. The lowest BCUT2D eigenvalue weighted by molar-refractivity contribution is -0.163. The van der Waals surface area contributed by atoms with Gasteiger partial charge in [0, 0.05) is 18.8 Å². The van der Waals surface area contributed by atoms with Crippen molar-refractivity contribution in [2.45, 2.75) is 38.8 Å². The molecule has 2 amide bonds. The highest BCUT2D eigenvalue weighted by Gasteiger charge is 2.42. The predicted octanol–water partition coefficient (Wildman–Crippen LogP) is 0.900. The van der Waals surface area contributed by atoms with Crippen LogP contribution in [0.25, 0.3) is 0 Å². The van der Waals surface area contributed by atoms with Gasteiger partial charge in [-0.05, 0) is 12.5 Å². The quantitative estimate of drug-likeness (QED) is 0.288. The van der Waals surface area contributed by atoms with E-state index < -0.39 is 41.7 Å². The first kappa shape index (κ1) is 26.6. The van der Waals surface area contributed by atoms with E-state index >= 15 is 0 Å². The molecule has 0 fully saturated rings. The van der Waals surface area contributed by atoms with Crippen molar-refractivity contribution in [2.75, 3.05) is 21.3 Å². The lowest BCUT2D eigenvalue weighted by atomic mass is 9.87. The molecule has 0 saturated carbocycles. The monoisotopic (exact) mass is 450 g/mol. The van der Waals surface area contributed by atoms with Crippen molar-refractivity contribution in [3.05, 3.63) is 35.9 Å². The minimum Gasteiger partial charge on any atom is -0.468 e. The van der Waals surface area contributed by atoms with Crippen molar-refractivity contribution in [1.82, 2.24) is 10.6 Å². The molecule has 0 radical (unpaired) electrons. The van der Waals surface area contributed by atoms with Gasteiger partial charge in [-0.2, -0.15) is 0 Å². The van der Waals surface area contributed by atoms with Crippen LogP contribution in [0, 0.1) is 11.8 Å². The van der Waals surface area contributed by atoms with E-state index in [1.165, 1.54) is 6.92 Å². The standard InChI is InChI=1S/C22H30N2O8/c1-13(18(20(27)30-3)21(28)31-4)19(22(29)32-5)24-17(26)12-11-16(25)23-14(2)15-9-7-6-8-10-15/h6-10,13-14,18-19H,11-12H2,1-5H3,(H,23,25)(H,24,26)/t13-,14+,19+/m0/s1. The summed E-state index contributed by atoms with van der Waals surface area (Å²) in [7, 11) is 3.29. The highest BCUT2D eigenvalue weighted by atomic mass is 16.5. The van der Waals surface area contributed by atoms with Gasteiger partial charge in [-0.3, -0.25) is 19.2 Å². The third-order valence-corrected chi connectivity index (χ3v) is 4.99. The number of carbonyl (C=O) groups is 5. The van der Waals surface area contributed by atoms with Crippen molar-refractivity contribution in [3.8, 4) is 0 Å².